The van der Waals surface area contributed by atoms with Crippen LogP contribution in [0, 0.1) is 6.92 Å². The quantitative estimate of drug-likeness (QED) is 0.880. The first kappa shape index (κ1) is 14.2. The molecule has 4 nitrogen and oxygen atoms in total. The van der Waals surface area contributed by atoms with Gasteiger partial charge in [-0.2, -0.15) is 0 Å². The molecule has 0 radical (unpaired) electrons. The number of nitrogens with one attached hydrogen (secondary N) is 1. The van der Waals surface area contributed by atoms with Crippen LogP contribution in [0.15, 0.2) is 47.1 Å². The van der Waals surface area contributed by atoms with Crippen LogP contribution in [0.3, 0.4) is 0 Å². The van der Waals surface area contributed by atoms with E-state index in [9.17, 15) is 4.79 Å². The number of hydrogen-bond acceptors (Lipinski definition) is 3. The van der Waals surface area contributed by atoms with Gasteiger partial charge in [0.15, 0.2) is 6.10 Å². The smallest absolute Gasteiger partial charge is 0.261 e. The van der Waals surface area contributed by atoms with Crippen molar-refractivity contribution in [2.45, 2.75) is 32.9 Å². The first-order chi connectivity index (χ1) is 9.70. The molecule has 2 rings (SSSR count). The zero-order valence-corrected chi connectivity index (χ0v) is 11.8. The third-order valence-corrected chi connectivity index (χ3v) is 3.04. The maximum Gasteiger partial charge on any atom is 0.261 e. The Labute approximate surface area is 118 Å². The molecule has 0 saturated carbocycles. The van der Waals surface area contributed by atoms with E-state index >= 15 is 0 Å². The van der Waals surface area contributed by atoms with Gasteiger partial charge in [0.25, 0.3) is 5.91 Å². The Morgan fingerprint density at radius 2 is 2.10 bits per heavy atom. The van der Waals surface area contributed by atoms with Gasteiger partial charge in [0.05, 0.1) is 12.8 Å². The van der Waals surface area contributed by atoms with E-state index in [0.29, 0.717) is 13.0 Å². The maximum atomic E-state index is 12.1. The molecule has 4 heteroatoms. The number of furan rings is 1. The molecule has 1 atom stereocenters. The molecule has 1 N–H and O–H groups in total. The number of ether oxygens (including phenoxy) is 1. The Kier molecular flexibility index (Phi) is 4.82. The zero-order valence-electron chi connectivity index (χ0n) is 11.8. The Morgan fingerprint density at radius 1 is 1.30 bits per heavy atom. The van der Waals surface area contributed by atoms with Crippen molar-refractivity contribution in [1.29, 1.82) is 0 Å². The minimum Gasteiger partial charge on any atom is -0.480 e. The summed E-state index contributed by atoms with van der Waals surface area (Å²) in [5.41, 5.74) is 1.02. The van der Waals surface area contributed by atoms with E-state index in [-0.39, 0.29) is 5.91 Å². The molecule has 1 amide bonds. The molecule has 0 unspecified atom stereocenters. The fourth-order valence-electron chi connectivity index (χ4n) is 1.87. The highest BCUT2D eigenvalue weighted by Gasteiger charge is 2.18. The van der Waals surface area contributed by atoms with Gasteiger partial charge in [0.1, 0.15) is 11.5 Å². The first-order valence-corrected chi connectivity index (χ1v) is 6.73. The maximum absolute atomic E-state index is 12.1. The molecule has 2 aromatic rings. The first-order valence-electron chi connectivity index (χ1n) is 6.73. The van der Waals surface area contributed by atoms with Gasteiger partial charge >= 0.3 is 0 Å². The molecule has 106 valence electrons. The lowest BCUT2D eigenvalue weighted by Gasteiger charge is -2.18. The van der Waals surface area contributed by atoms with E-state index in [2.05, 4.69) is 5.32 Å². The van der Waals surface area contributed by atoms with Gasteiger partial charge in [0.2, 0.25) is 0 Å². The average molecular weight is 273 g/mol. The standard InChI is InChI=1S/C16H19NO3/c1-3-14(20-15-9-5-4-7-12(15)2)16(18)17-11-13-8-6-10-19-13/h4-10,14H,3,11H2,1-2H3,(H,17,18)/t14-/m1/s1. The molecule has 1 aromatic heterocycles. The highest BCUT2D eigenvalue weighted by atomic mass is 16.5. The van der Waals surface area contributed by atoms with Gasteiger partial charge in [-0.05, 0) is 37.1 Å². The highest BCUT2D eigenvalue weighted by molar-refractivity contribution is 5.81. The van der Waals surface area contributed by atoms with Crippen LogP contribution >= 0.6 is 0 Å². The van der Waals surface area contributed by atoms with Gasteiger partial charge in [-0.3, -0.25) is 4.79 Å². The molecule has 0 saturated heterocycles. The summed E-state index contributed by atoms with van der Waals surface area (Å²) in [5.74, 6) is 1.34. The van der Waals surface area contributed by atoms with Gasteiger partial charge < -0.3 is 14.5 Å². The lowest BCUT2D eigenvalue weighted by molar-refractivity contribution is -0.128. The number of amides is 1. The van der Waals surface area contributed by atoms with Crippen molar-refractivity contribution in [2.75, 3.05) is 0 Å². The fraction of sp³-hybridized carbons (Fsp3) is 0.312. The second-order valence-electron chi connectivity index (χ2n) is 4.58. The van der Waals surface area contributed by atoms with Gasteiger partial charge in [-0.15, -0.1) is 0 Å². The predicted molar refractivity (Wildman–Crippen MR) is 76.4 cm³/mol. The molecule has 0 fully saturated rings. The van der Waals surface area contributed by atoms with E-state index in [1.807, 2.05) is 44.2 Å². The van der Waals surface area contributed by atoms with Crippen molar-refractivity contribution in [3.05, 3.63) is 54.0 Å². The number of carbonyl (C=O) groups is 1. The van der Waals surface area contributed by atoms with Crippen molar-refractivity contribution in [3.63, 3.8) is 0 Å². The number of para-hydroxylation sites is 1. The van der Waals surface area contributed by atoms with Crippen LogP contribution in [-0.4, -0.2) is 12.0 Å². The van der Waals surface area contributed by atoms with Crippen LogP contribution in [0.2, 0.25) is 0 Å². The largest absolute Gasteiger partial charge is 0.480 e. The Hall–Kier alpha value is -2.23. The van der Waals surface area contributed by atoms with E-state index in [4.69, 9.17) is 9.15 Å². The number of rotatable bonds is 6. The van der Waals surface area contributed by atoms with Crippen LogP contribution in [0.5, 0.6) is 5.75 Å². The lowest BCUT2D eigenvalue weighted by atomic mass is 10.2. The molecular weight excluding hydrogens is 254 g/mol. The summed E-state index contributed by atoms with van der Waals surface area (Å²) < 4.78 is 11.0. The molecule has 0 bridgehead atoms. The van der Waals surface area contributed by atoms with E-state index in [1.165, 1.54) is 0 Å². The van der Waals surface area contributed by atoms with Crippen LogP contribution in [0.4, 0.5) is 0 Å². The third-order valence-electron chi connectivity index (χ3n) is 3.04. The summed E-state index contributed by atoms with van der Waals surface area (Å²) in [6.07, 6.45) is 1.70. The molecule has 20 heavy (non-hydrogen) atoms. The zero-order chi connectivity index (χ0) is 14.4. The van der Waals surface area contributed by atoms with Crippen molar-refractivity contribution in [3.8, 4) is 5.75 Å². The van der Waals surface area contributed by atoms with Crippen LogP contribution in [0.25, 0.3) is 0 Å². The number of carbonyl (C=O) groups excluding carboxylic acids is 1. The van der Waals surface area contributed by atoms with E-state index < -0.39 is 6.10 Å². The average Bonchev–Trinajstić information content (AvgIpc) is 2.97. The van der Waals surface area contributed by atoms with Gasteiger partial charge in [0, 0.05) is 0 Å². The minimum atomic E-state index is -0.494. The summed E-state index contributed by atoms with van der Waals surface area (Å²) in [6.45, 7) is 4.26. The molecule has 0 spiro atoms. The lowest BCUT2D eigenvalue weighted by Crippen LogP contribution is -2.37. The molecule has 1 heterocycles. The van der Waals surface area contributed by atoms with Crippen molar-refractivity contribution >= 4 is 5.91 Å². The Bertz CT molecular complexity index is 549. The molecule has 1 aromatic carbocycles. The van der Waals surface area contributed by atoms with E-state index in [0.717, 1.165) is 17.1 Å². The summed E-state index contributed by atoms with van der Waals surface area (Å²) in [7, 11) is 0. The second-order valence-corrected chi connectivity index (χ2v) is 4.58. The number of benzene rings is 1. The molecule has 0 aliphatic heterocycles. The summed E-state index contributed by atoms with van der Waals surface area (Å²) in [5, 5.41) is 2.82. The Morgan fingerprint density at radius 3 is 2.75 bits per heavy atom. The summed E-state index contributed by atoms with van der Waals surface area (Å²) in [4.78, 5) is 12.1. The Balaban J connectivity index is 1.94. The number of hydrogen-bond donors (Lipinski definition) is 1. The van der Waals surface area contributed by atoms with E-state index in [1.54, 1.807) is 12.3 Å². The normalized spacial score (nSPS) is 11.9. The van der Waals surface area contributed by atoms with Crippen molar-refractivity contribution < 1.29 is 13.9 Å². The molecule has 0 aliphatic rings. The predicted octanol–water partition coefficient (Wildman–Crippen LogP) is 3.06. The monoisotopic (exact) mass is 273 g/mol. The fourth-order valence-corrected chi connectivity index (χ4v) is 1.87. The summed E-state index contributed by atoms with van der Waals surface area (Å²) in [6, 6.07) is 11.3. The minimum absolute atomic E-state index is 0.132. The molecular formula is C16H19NO3. The second kappa shape index (κ2) is 6.80. The summed E-state index contributed by atoms with van der Waals surface area (Å²) >= 11 is 0. The van der Waals surface area contributed by atoms with Gasteiger partial charge in [-0.1, -0.05) is 25.1 Å². The van der Waals surface area contributed by atoms with Gasteiger partial charge in [-0.25, -0.2) is 0 Å². The van der Waals surface area contributed by atoms with Crippen molar-refractivity contribution in [2.24, 2.45) is 0 Å². The highest BCUT2D eigenvalue weighted by Crippen LogP contribution is 2.18. The van der Waals surface area contributed by atoms with Crippen LogP contribution < -0.4 is 10.1 Å². The number of aryl methyl sites for hydroxylation is 1. The molecule has 0 aliphatic carbocycles. The van der Waals surface area contributed by atoms with Crippen LogP contribution in [-0.2, 0) is 11.3 Å². The third kappa shape index (κ3) is 3.63. The van der Waals surface area contributed by atoms with Crippen LogP contribution in [0.1, 0.15) is 24.7 Å². The van der Waals surface area contributed by atoms with Crippen molar-refractivity contribution in [1.82, 2.24) is 5.32 Å². The SMILES string of the molecule is CC[C@@H](Oc1ccccc1C)C(=O)NCc1ccco1. The topological polar surface area (TPSA) is 51.5 Å².